The molecule has 2 N–H and O–H groups in total. The van der Waals surface area contributed by atoms with Crippen LogP contribution in [0.15, 0.2) is 30.5 Å². The number of benzene rings is 2. The molecular formula is C36H34BF2N7O4. The summed E-state index contributed by atoms with van der Waals surface area (Å²) in [4.78, 5) is 17.7. The molecule has 2 saturated heterocycles. The van der Waals surface area contributed by atoms with Gasteiger partial charge in [-0.2, -0.15) is 15.1 Å². The number of hydrogen-bond donors (Lipinski definition) is 2. The highest BCUT2D eigenvalue weighted by atomic mass is 19.1. The minimum atomic E-state index is -2.19. The number of halogens is 2. The number of anilines is 2. The van der Waals surface area contributed by atoms with Crippen LogP contribution in [0.2, 0.25) is 0 Å². The van der Waals surface area contributed by atoms with Crippen molar-refractivity contribution in [1.82, 2.24) is 29.6 Å². The minimum Gasteiger partial charge on any atom is -0.508 e. The second kappa shape index (κ2) is 11.9. The lowest BCUT2D eigenvalue weighted by atomic mass is 9.73. The largest absolute Gasteiger partial charge is 0.508 e. The Morgan fingerprint density at radius 3 is 2.62 bits per heavy atom. The SMILES string of the molecule is [B]C(O)(Oc1nc(N2CCCc3c2nn(C)c3COC)c2cnc(-c3cc(O)cc4ccc(F)c(C#C)c34)c(F)c2n1)C12CCCN1CCC2. The number of nitrogens with zero attached hydrogens (tertiary/aromatic N) is 7. The lowest BCUT2D eigenvalue weighted by Crippen LogP contribution is -2.62. The predicted octanol–water partition coefficient (Wildman–Crippen LogP) is 4.60. The summed E-state index contributed by atoms with van der Waals surface area (Å²) < 4.78 is 45.4. The van der Waals surface area contributed by atoms with Gasteiger partial charge in [-0.05, 0) is 75.2 Å². The number of rotatable bonds is 7. The van der Waals surface area contributed by atoms with Crippen molar-refractivity contribution in [3.05, 3.63) is 58.9 Å². The third-order valence-corrected chi connectivity index (χ3v) is 10.5. The molecule has 0 bridgehead atoms. The van der Waals surface area contributed by atoms with Gasteiger partial charge in [0.2, 0.25) is 0 Å². The lowest BCUT2D eigenvalue weighted by molar-refractivity contribution is -0.154. The third kappa shape index (κ3) is 4.82. The molecular weight excluding hydrogens is 643 g/mol. The number of methoxy groups -OCH3 is 1. The van der Waals surface area contributed by atoms with E-state index in [0.717, 1.165) is 50.0 Å². The number of aromatic hydroxyl groups is 1. The number of hydrogen-bond acceptors (Lipinski definition) is 10. The third-order valence-electron chi connectivity index (χ3n) is 10.5. The van der Waals surface area contributed by atoms with Gasteiger partial charge in [0.15, 0.2) is 31.0 Å². The zero-order chi connectivity index (χ0) is 34.9. The fourth-order valence-electron chi connectivity index (χ4n) is 8.24. The number of fused-ring (bicyclic) bond motifs is 4. The normalized spacial score (nSPS) is 18.3. The van der Waals surface area contributed by atoms with Gasteiger partial charge in [0.1, 0.15) is 22.8 Å². The molecule has 3 aromatic heterocycles. The summed E-state index contributed by atoms with van der Waals surface area (Å²) in [5, 5.41) is 28.0. The highest BCUT2D eigenvalue weighted by molar-refractivity contribution is 6.14. The van der Waals surface area contributed by atoms with E-state index in [-0.39, 0.29) is 50.7 Å². The number of aliphatic hydroxyl groups is 1. The Morgan fingerprint density at radius 2 is 1.88 bits per heavy atom. The molecule has 8 rings (SSSR count). The number of aromatic nitrogens is 5. The summed E-state index contributed by atoms with van der Waals surface area (Å²) >= 11 is 0. The van der Waals surface area contributed by atoms with E-state index in [1.54, 1.807) is 11.8 Å². The molecule has 254 valence electrons. The molecule has 0 saturated carbocycles. The molecule has 14 heteroatoms. The molecule has 5 aromatic rings. The van der Waals surface area contributed by atoms with Crippen molar-refractivity contribution in [2.24, 2.45) is 7.05 Å². The van der Waals surface area contributed by atoms with Crippen LogP contribution in [0.5, 0.6) is 11.8 Å². The highest BCUT2D eigenvalue weighted by Gasteiger charge is 2.57. The van der Waals surface area contributed by atoms with Crippen LogP contribution in [0.3, 0.4) is 0 Å². The van der Waals surface area contributed by atoms with Gasteiger partial charge >= 0.3 is 6.01 Å². The molecule has 3 aliphatic rings. The van der Waals surface area contributed by atoms with E-state index in [1.807, 2.05) is 11.9 Å². The van der Waals surface area contributed by atoms with Crippen LogP contribution in [0, 0.1) is 24.0 Å². The van der Waals surface area contributed by atoms with Crippen molar-refractivity contribution in [2.45, 2.75) is 56.4 Å². The Hall–Kier alpha value is -4.84. The van der Waals surface area contributed by atoms with Crippen molar-refractivity contribution in [3.8, 4) is 35.4 Å². The number of pyridine rings is 1. The topological polar surface area (TPSA) is 122 Å². The fourth-order valence-corrected chi connectivity index (χ4v) is 8.24. The average molecular weight is 678 g/mol. The number of aryl methyl sites for hydroxylation is 1. The van der Waals surface area contributed by atoms with Gasteiger partial charge < -0.3 is 24.6 Å². The second-order valence-electron chi connectivity index (χ2n) is 13.3. The zero-order valence-electron chi connectivity index (χ0n) is 27.7. The summed E-state index contributed by atoms with van der Waals surface area (Å²) in [6, 6.07) is 5.02. The molecule has 1 atom stereocenters. The van der Waals surface area contributed by atoms with E-state index < -0.39 is 22.9 Å². The van der Waals surface area contributed by atoms with Crippen LogP contribution in [-0.4, -0.2) is 85.7 Å². The molecule has 3 aliphatic heterocycles. The van der Waals surface area contributed by atoms with Crippen LogP contribution in [0.1, 0.15) is 48.9 Å². The second-order valence-corrected chi connectivity index (χ2v) is 13.3. The summed E-state index contributed by atoms with van der Waals surface area (Å²) in [5.41, 5.74) is -1.61. The van der Waals surface area contributed by atoms with Gasteiger partial charge in [0, 0.05) is 43.4 Å². The van der Waals surface area contributed by atoms with Gasteiger partial charge in [0.05, 0.1) is 28.8 Å². The van der Waals surface area contributed by atoms with E-state index in [2.05, 4.69) is 20.8 Å². The summed E-state index contributed by atoms with van der Waals surface area (Å²) in [6.07, 6.45) is 11.5. The molecule has 0 amide bonds. The maximum Gasteiger partial charge on any atom is 0.321 e. The standard InChI is InChI=1S/C36H34BF2N7O4/c1-4-22-26(38)10-9-20-16-21(47)17-24(28(20)22)30-29(39)31-25(18-40-30)32(46-15-5-8-23-27(19-49-3)44(2)43-33(23)46)42-34(41-31)50-36(37,48)35-11-6-13-45(35)14-7-12-35/h1,9-10,16-18,47-48H,5-8,11-15,19H2,2-3H3. The summed E-state index contributed by atoms with van der Waals surface area (Å²) in [7, 11) is 10.1. The van der Waals surface area contributed by atoms with E-state index in [1.165, 1.54) is 30.5 Å². The van der Waals surface area contributed by atoms with Gasteiger partial charge in [-0.1, -0.05) is 12.0 Å². The number of phenolic OH excluding ortho intramolecular Hbond substituents is 1. The molecule has 0 spiro atoms. The predicted molar refractivity (Wildman–Crippen MR) is 183 cm³/mol. The van der Waals surface area contributed by atoms with Crippen molar-refractivity contribution in [2.75, 3.05) is 31.6 Å². The first-order valence-corrected chi connectivity index (χ1v) is 16.6. The Bertz CT molecular complexity index is 2230. The fraction of sp³-hybridized carbons (Fsp3) is 0.389. The first kappa shape index (κ1) is 32.4. The van der Waals surface area contributed by atoms with Crippen LogP contribution in [0.4, 0.5) is 20.4 Å². The van der Waals surface area contributed by atoms with Gasteiger partial charge in [-0.15, -0.1) is 6.42 Å². The van der Waals surface area contributed by atoms with E-state index in [0.29, 0.717) is 37.2 Å². The minimum absolute atomic E-state index is 0.0745. The van der Waals surface area contributed by atoms with Gasteiger partial charge in [-0.3, -0.25) is 14.6 Å². The molecule has 2 radical (unpaired) electrons. The smallest absolute Gasteiger partial charge is 0.321 e. The van der Waals surface area contributed by atoms with Gasteiger partial charge in [0.25, 0.3) is 0 Å². The van der Waals surface area contributed by atoms with Crippen LogP contribution in [0.25, 0.3) is 32.9 Å². The molecule has 2 fully saturated rings. The molecule has 11 nitrogen and oxygen atoms in total. The van der Waals surface area contributed by atoms with Gasteiger partial charge in [-0.25, -0.2) is 8.78 Å². The first-order chi connectivity index (χ1) is 24.1. The van der Waals surface area contributed by atoms with Crippen molar-refractivity contribution in [3.63, 3.8) is 0 Å². The highest BCUT2D eigenvalue weighted by Crippen LogP contribution is 2.47. The molecule has 2 aromatic carbocycles. The quantitative estimate of drug-likeness (QED) is 0.144. The maximum atomic E-state index is 17.1. The molecule has 6 heterocycles. The summed E-state index contributed by atoms with van der Waals surface area (Å²) in [5.74, 6) is 1.47. The number of ether oxygens (including phenoxy) is 2. The van der Waals surface area contributed by atoms with Crippen LogP contribution >= 0.6 is 0 Å². The van der Waals surface area contributed by atoms with E-state index >= 15 is 4.39 Å². The monoisotopic (exact) mass is 677 g/mol. The Morgan fingerprint density at radius 1 is 1.10 bits per heavy atom. The maximum absolute atomic E-state index is 17.1. The summed E-state index contributed by atoms with van der Waals surface area (Å²) in [6.45, 7) is 2.38. The van der Waals surface area contributed by atoms with Crippen LogP contribution in [-0.2, 0) is 24.8 Å². The average Bonchev–Trinajstić information content (AvgIpc) is 3.79. The van der Waals surface area contributed by atoms with Crippen molar-refractivity contribution >= 4 is 41.2 Å². The Kier molecular flexibility index (Phi) is 7.70. The molecule has 50 heavy (non-hydrogen) atoms. The van der Waals surface area contributed by atoms with E-state index in [9.17, 15) is 14.6 Å². The molecule has 1 unspecified atom stereocenters. The lowest BCUT2D eigenvalue weighted by Gasteiger charge is -2.44. The zero-order valence-corrected chi connectivity index (χ0v) is 27.7. The number of phenols is 1. The Labute approximate surface area is 288 Å². The van der Waals surface area contributed by atoms with Crippen molar-refractivity contribution < 1.29 is 28.5 Å². The molecule has 0 aliphatic carbocycles. The number of terminal acetylenes is 1. The first-order valence-electron chi connectivity index (χ1n) is 16.6. The Balaban J connectivity index is 1.35. The van der Waals surface area contributed by atoms with Crippen LogP contribution < -0.4 is 9.64 Å². The van der Waals surface area contributed by atoms with E-state index in [4.69, 9.17) is 33.8 Å². The van der Waals surface area contributed by atoms with Crippen molar-refractivity contribution in [1.29, 1.82) is 0 Å².